The van der Waals surface area contributed by atoms with Gasteiger partial charge in [-0.2, -0.15) is 0 Å². The first kappa shape index (κ1) is 30.0. The number of fused-ring (bicyclic) bond motifs is 5. The molecule has 0 aliphatic carbocycles. The number of ether oxygens (including phenoxy) is 3. The van der Waals surface area contributed by atoms with E-state index in [1.165, 1.54) is 0 Å². The number of ketones is 1. The summed E-state index contributed by atoms with van der Waals surface area (Å²) in [5.74, 6) is 0.581. The number of benzene rings is 3. The molecule has 2 amide bonds. The minimum absolute atomic E-state index is 0.0230. The van der Waals surface area contributed by atoms with Gasteiger partial charge in [0.1, 0.15) is 17.0 Å². The molecule has 0 saturated carbocycles. The number of para-hydroxylation sites is 1. The largest absolute Gasteiger partial charge is 0.497 e. The molecular formula is C37H39N3O6. The van der Waals surface area contributed by atoms with E-state index in [4.69, 9.17) is 14.2 Å². The highest BCUT2D eigenvalue weighted by atomic mass is 16.6. The highest BCUT2D eigenvalue weighted by Crippen LogP contribution is 2.72. The molecule has 7 rings (SSSR count). The summed E-state index contributed by atoms with van der Waals surface area (Å²) in [6, 6.07) is 23.0. The van der Waals surface area contributed by atoms with Crippen molar-refractivity contribution in [2.45, 2.75) is 43.7 Å². The monoisotopic (exact) mass is 621 g/mol. The topological polar surface area (TPSA) is 97.4 Å². The molecule has 4 aliphatic rings. The van der Waals surface area contributed by atoms with Gasteiger partial charge in [-0.3, -0.25) is 14.5 Å². The van der Waals surface area contributed by atoms with Crippen molar-refractivity contribution < 1.29 is 28.6 Å². The fourth-order valence-corrected chi connectivity index (χ4v) is 9.06. The van der Waals surface area contributed by atoms with Crippen molar-refractivity contribution in [1.82, 2.24) is 9.80 Å². The number of Topliss-reactive ketones (excluding diaryl/α,β-unsaturated/α-hetero) is 1. The van der Waals surface area contributed by atoms with E-state index in [1.807, 2.05) is 78.9 Å². The van der Waals surface area contributed by atoms with Gasteiger partial charge >= 0.3 is 6.09 Å². The molecule has 2 spiro atoms. The fourth-order valence-electron chi connectivity index (χ4n) is 9.06. The molecule has 4 aliphatic heterocycles. The van der Waals surface area contributed by atoms with Crippen LogP contribution >= 0.6 is 0 Å². The molecule has 3 aromatic carbocycles. The Bertz CT molecular complexity index is 1740. The van der Waals surface area contributed by atoms with Gasteiger partial charge in [-0.1, -0.05) is 42.5 Å². The summed E-state index contributed by atoms with van der Waals surface area (Å²) in [6.45, 7) is 4.87. The number of hydrogen-bond donors (Lipinski definition) is 1. The molecule has 3 saturated heterocycles. The Hall–Kier alpha value is -4.63. The van der Waals surface area contributed by atoms with Gasteiger partial charge in [0.15, 0.2) is 5.78 Å². The third kappa shape index (κ3) is 4.00. The molecule has 0 aromatic heterocycles. The number of nitrogens with zero attached hydrogens (tertiary/aromatic N) is 2. The van der Waals surface area contributed by atoms with Crippen LogP contribution in [0.1, 0.15) is 49.3 Å². The Morgan fingerprint density at radius 2 is 1.65 bits per heavy atom. The van der Waals surface area contributed by atoms with E-state index >= 15 is 4.79 Å². The summed E-state index contributed by atoms with van der Waals surface area (Å²) in [5.41, 5.74) is 0.280. The molecule has 3 aromatic rings. The van der Waals surface area contributed by atoms with E-state index < -0.39 is 28.5 Å². The smallest absolute Gasteiger partial charge is 0.410 e. The molecule has 0 bridgehead atoms. The standard InChI is InChI=1S/C37H39N3O6/c1-5-46-34(43)39-22-26(21-24-11-15-27(44-3)16-12-24)32(41)36(23-39)31(25-13-17-28(45-4)18-14-25)35(2)19-8-20-40(35)37(36)29-9-6-7-10-30(29)38-33(37)42/h6-7,9-18,21,31H,5,8,19-20,22-23H2,1-4H3,(H,38,42)/b26-21+/t31-,35-,36-,37-/m1/s1. The average Bonchev–Trinajstić information content (AvgIpc) is 3.65. The van der Waals surface area contributed by atoms with Gasteiger partial charge in [-0.05, 0) is 74.2 Å². The molecule has 1 N–H and O–H groups in total. The summed E-state index contributed by atoms with van der Waals surface area (Å²) in [6.07, 6.45) is 2.99. The van der Waals surface area contributed by atoms with Crippen molar-refractivity contribution in [2.75, 3.05) is 45.8 Å². The third-order valence-electron chi connectivity index (χ3n) is 10.7. The molecule has 46 heavy (non-hydrogen) atoms. The number of hydrogen-bond acceptors (Lipinski definition) is 7. The number of rotatable bonds is 5. The number of likely N-dealkylation sites (tertiary alicyclic amines) is 1. The predicted octanol–water partition coefficient (Wildman–Crippen LogP) is 5.61. The van der Waals surface area contributed by atoms with Crippen molar-refractivity contribution in [3.63, 3.8) is 0 Å². The van der Waals surface area contributed by atoms with Crippen molar-refractivity contribution in [3.8, 4) is 11.5 Å². The molecule has 9 heteroatoms. The second kappa shape index (κ2) is 11.0. The Kier molecular flexibility index (Phi) is 7.20. The summed E-state index contributed by atoms with van der Waals surface area (Å²) in [5, 5.41) is 3.17. The van der Waals surface area contributed by atoms with Crippen LogP contribution in [-0.2, 0) is 19.9 Å². The first-order valence-electron chi connectivity index (χ1n) is 15.9. The van der Waals surface area contributed by atoms with E-state index in [2.05, 4.69) is 17.1 Å². The van der Waals surface area contributed by atoms with Crippen LogP contribution in [-0.4, -0.2) is 73.6 Å². The van der Waals surface area contributed by atoms with Crippen molar-refractivity contribution in [3.05, 3.63) is 95.1 Å². The van der Waals surface area contributed by atoms with Crippen molar-refractivity contribution in [1.29, 1.82) is 0 Å². The zero-order chi connectivity index (χ0) is 32.3. The minimum atomic E-state index is -1.39. The van der Waals surface area contributed by atoms with Gasteiger partial charge in [0.2, 0.25) is 0 Å². The normalized spacial score (nSPS) is 29.3. The number of amides is 2. The summed E-state index contributed by atoms with van der Waals surface area (Å²) in [4.78, 5) is 48.2. The molecule has 3 fully saturated rings. The Morgan fingerprint density at radius 1 is 0.978 bits per heavy atom. The molecule has 0 radical (unpaired) electrons. The second-order valence-electron chi connectivity index (χ2n) is 12.8. The number of carbonyl (C=O) groups is 3. The SMILES string of the molecule is CCOC(=O)N1C/C(=C\c2ccc(OC)cc2)C(=O)[C@@]2(C1)[C@H](c1ccc(OC)cc1)[C@@]1(C)CCCN1[C@]21C(=O)Nc2ccccc21. The van der Waals surface area contributed by atoms with Crippen LogP contribution in [0.4, 0.5) is 10.5 Å². The van der Waals surface area contributed by atoms with Crippen LogP contribution in [0, 0.1) is 5.41 Å². The summed E-state index contributed by atoms with van der Waals surface area (Å²) < 4.78 is 16.4. The lowest BCUT2D eigenvalue weighted by molar-refractivity contribution is -0.147. The zero-order valence-corrected chi connectivity index (χ0v) is 26.7. The van der Waals surface area contributed by atoms with Gasteiger partial charge in [0.05, 0.1) is 32.8 Å². The summed E-state index contributed by atoms with van der Waals surface area (Å²) >= 11 is 0. The van der Waals surface area contributed by atoms with Gasteiger partial charge < -0.3 is 24.4 Å². The fraction of sp³-hybridized carbons (Fsp3) is 0.378. The lowest BCUT2D eigenvalue weighted by atomic mass is 9.53. The van der Waals surface area contributed by atoms with Crippen LogP contribution in [0.2, 0.25) is 0 Å². The molecular weight excluding hydrogens is 582 g/mol. The predicted molar refractivity (Wildman–Crippen MR) is 174 cm³/mol. The quantitative estimate of drug-likeness (QED) is 0.370. The first-order chi connectivity index (χ1) is 22.2. The molecule has 4 heterocycles. The van der Waals surface area contributed by atoms with E-state index in [0.717, 1.165) is 29.5 Å². The minimum Gasteiger partial charge on any atom is -0.497 e. The van der Waals surface area contributed by atoms with E-state index in [-0.39, 0.29) is 31.4 Å². The van der Waals surface area contributed by atoms with Gasteiger partial charge in [-0.15, -0.1) is 0 Å². The van der Waals surface area contributed by atoms with Crippen LogP contribution in [0.3, 0.4) is 0 Å². The van der Waals surface area contributed by atoms with Gasteiger partial charge in [0.25, 0.3) is 5.91 Å². The van der Waals surface area contributed by atoms with Gasteiger partial charge in [0, 0.05) is 41.4 Å². The Balaban J connectivity index is 1.54. The Morgan fingerprint density at radius 3 is 2.33 bits per heavy atom. The molecule has 0 unspecified atom stereocenters. The van der Waals surface area contributed by atoms with E-state index in [0.29, 0.717) is 29.3 Å². The highest BCUT2D eigenvalue weighted by molar-refractivity contribution is 6.16. The Labute approximate surface area is 269 Å². The number of methoxy groups -OCH3 is 2. The lowest BCUT2D eigenvalue weighted by Crippen LogP contribution is -2.66. The van der Waals surface area contributed by atoms with Crippen LogP contribution < -0.4 is 14.8 Å². The zero-order valence-electron chi connectivity index (χ0n) is 26.7. The molecule has 238 valence electrons. The van der Waals surface area contributed by atoms with Crippen molar-refractivity contribution >= 4 is 29.5 Å². The maximum absolute atomic E-state index is 15.7. The van der Waals surface area contributed by atoms with Crippen LogP contribution in [0.15, 0.2) is 78.4 Å². The van der Waals surface area contributed by atoms with Crippen LogP contribution in [0.25, 0.3) is 6.08 Å². The molecule has 9 nitrogen and oxygen atoms in total. The first-order valence-corrected chi connectivity index (χ1v) is 15.9. The third-order valence-corrected chi connectivity index (χ3v) is 10.7. The maximum atomic E-state index is 15.7. The van der Waals surface area contributed by atoms with Crippen molar-refractivity contribution in [2.24, 2.45) is 5.41 Å². The maximum Gasteiger partial charge on any atom is 0.410 e. The number of carbonyl (C=O) groups excluding carboxylic acids is 3. The number of nitrogens with one attached hydrogen (secondary N) is 1. The van der Waals surface area contributed by atoms with E-state index in [9.17, 15) is 9.59 Å². The van der Waals surface area contributed by atoms with Gasteiger partial charge in [-0.25, -0.2) is 4.79 Å². The lowest BCUT2D eigenvalue weighted by Gasteiger charge is -2.51. The number of piperidine rings is 1. The average molecular weight is 622 g/mol. The van der Waals surface area contributed by atoms with E-state index in [1.54, 1.807) is 26.0 Å². The molecule has 4 atom stereocenters. The highest BCUT2D eigenvalue weighted by Gasteiger charge is 2.81. The summed E-state index contributed by atoms with van der Waals surface area (Å²) in [7, 11) is 3.23. The van der Waals surface area contributed by atoms with Crippen LogP contribution in [0.5, 0.6) is 11.5 Å². The second-order valence-corrected chi connectivity index (χ2v) is 12.8. The number of anilines is 1.